The maximum Gasteiger partial charge on any atom is 0.293 e. The average molecular weight is 401 g/mol. The van der Waals surface area contributed by atoms with Crippen LogP contribution in [0.3, 0.4) is 0 Å². The molecule has 1 heterocycles. The molecule has 146 valence electrons. The number of methoxy groups -OCH3 is 1. The summed E-state index contributed by atoms with van der Waals surface area (Å²) in [7, 11) is -2.04. The molecule has 0 unspecified atom stereocenters. The van der Waals surface area contributed by atoms with E-state index in [1.165, 1.54) is 25.3 Å². The van der Waals surface area contributed by atoms with Gasteiger partial charge in [0.15, 0.2) is 9.84 Å². The van der Waals surface area contributed by atoms with Crippen LogP contribution in [0.2, 0.25) is 0 Å². The van der Waals surface area contributed by atoms with Crippen LogP contribution < -0.4 is 9.64 Å². The Morgan fingerprint density at radius 2 is 1.93 bits per heavy atom. The van der Waals surface area contributed by atoms with Gasteiger partial charge >= 0.3 is 0 Å². The summed E-state index contributed by atoms with van der Waals surface area (Å²) in [6.07, 6.45) is 0.716. The molecule has 0 bridgehead atoms. The molecule has 0 radical (unpaired) electrons. The Bertz CT molecular complexity index is 1040. The fourth-order valence-corrected chi connectivity index (χ4v) is 5.15. The molecule has 3 rings (SSSR count). The van der Waals surface area contributed by atoms with Crippen molar-refractivity contribution in [2.45, 2.75) is 23.0 Å². The summed E-state index contributed by atoms with van der Waals surface area (Å²) < 4.78 is 31.0. The third kappa shape index (κ3) is 3.77. The summed E-state index contributed by atoms with van der Waals surface area (Å²) >= 11 is 0. The standard InChI is InChI=1S/C19H19N3O5S/c1-27-15-3-2-4-17(12-15)28(25,26)16-7-9-21(10-8-16)18-6-5-14(13-20)11-19(18)22(23)24/h2-6,11-12,16H,7-10H2,1H3. The third-order valence-electron chi connectivity index (χ3n) is 4.89. The molecule has 0 aliphatic carbocycles. The molecule has 1 saturated heterocycles. The van der Waals surface area contributed by atoms with E-state index >= 15 is 0 Å². The van der Waals surface area contributed by atoms with E-state index in [0.29, 0.717) is 37.4 Å². The minimum Gasteiger partial charge on any atom is -0.497 e. The highest BCUT2D eigenvalue weighted by molar-refractivity contribution is 7.92. The Labute approximate surface area is 163 Å². The number of hydrogen-bond donors (Lipinski definition) is 0. The Morgan fingerprint density at radius 1 is 1.21 bits per heavy atom. The molecule has 0 aromatic heterocycles. The molecule has 0 amide bonds. The van der Waals surface area contributed by atoms with Crippen LogP contribution in [0.1, 0.15) is 18.4 Å². The molecule has 1 aliphatic rings. The highest BCUT2D eigenvalue weighted by Gasteiger charge is 2.33. The maximum atomic E-state index is 12.9. The van der Waals surface area contributed by atoms with Gasteiger partial charge in [-0.2, -0.15) is 5.26 Å². The normalized spacial score (nSPS) is 15.1. The van der Waals surface area contributed by atoms with Gasteiger partial charge in [-0.15, -0.1) is 0 Å². The van der Waals surface area contributed by atoms with E-state index in [4.69, 9.17) is 10.00 Å². The lowest BCUT2D eigenvalue weighted by Gasteiger charge is -2.33. The number of hydrogen-bond acceptors (Lipinski definition) is 7. The van der Waals surface area contributed by atoms with Gasteiger partial charge in [-0.25, -0.2) is 8.42 Å². The number of rotatable bonds is 5. The molecule has 1 fully saturated rings. The third-order valence-corrected chi connectivity index (χ3v) is 7.15. The Hall–Kier alpha value is -3.12. The van der Waals surface area contributed by atoms with Crippen LogP contribution in [0.4, 0.5) is 11.4 Å². The summed E-state index contributed by atoms with van der Waals surface area (Å²) in [6.45, 7) is 0.751. The first-order chi connectivity index (χ1) is 13.4. The molecule has 0 spiro atoms. The van der Waals surface area contributed by atoms with Crippen LogP contribution in [0.15, 0.2) is 47.4 Å². The monoisotopic (exact) mass is 401 g/mol. The number of nitriles is 1. The summed E-state index contributed by atoms with van der Waals surface area (Å²) in [5.74, 6) is 0.478. The average Bonchev–Trinajstić information content (AvgIpc) is 2.73. The largest absolute Gasteiger partial charge is 0.497 e. The van der Waals surface area contributed by atoms with Gasteiger partial charge in [0.1, 0.15) is 11.4 Å². The second-order valence-corrected chi connectivity index (χ2v) is 8.71. The van der Waals surface area contributed by atoms with Gasteiger partial charge in [-0.05, 0) is 43.2 Å². The summed E-state index contributed by atoms with van der Waals surface area (Å²) in [5, 5.41) is 19.8. The molecule has 0 saturated carbocycles. The van der Waals surface area contributed by atoms with Crippen molar-refractivity contribution in [2.24, 2.45) is 0 Å². The lowest BCUT2D eigenvalue weighted by molar-refractivity contribution is -0.384. The van der Waals surface area contributed by atoms with Gasteiger partial charge < -0.3 is 9.64 Å². The first kappa shape index (κ1) is 19.6. The van der Waals surface area contributed by atoms with E-state index in [0.717, 1.165) is 0 Å². The zero-order chi connectivity index (χ0) is 20.3. The quantitative estimate of drug-likeness (QED) is 0.559. The van der Waals surface area contributed by atoms with Gasteiger partial charge in [0.05, 0.1) is 33.8 Å². The Kier molecular flexibility index (Phi) is 5.51. The molecule has 2 aromatic rings. The van der Waals surface area contributed by atoms with Crippen molar-refractivity contribution < 1.29 is 18.1 Å². The predicted octanol–water partition coefficient (Wildman–Crippen LogP) is 2.92. The van der Waals surface area contributed by atoms with Gasteiger partial charge in [0.25, 0.3) is 5.69 Å². The predicted molar refractivity (Wildman–Crippen MR) is 103 cm³/mol. The molecule has 1 aliphatic heterocycles. The zero-order valence-corrected chi connectivity index (χ0v) is 16.1. The fourth-order valence-electron chi connectivity index (χ4n) is 3.38. The summed E-state index contributed by atoms with van der Waals surface area (Å²) in [5.41, 5.74) is 0.473. The van der Waals surface area contributed by atoms with Crippen molar-refractivity contribution in [3.8, 4) is 11.8 Å². The van der Waals surface area contributed by atoms with Gasteiger partial charge in [0, 0.05) is 19.2 Å². The number of sulfone groups is 1. The second kappa shape index (κ2) is 7.86. The van der Waals surface area contributed by atoms with Gasteiger partial charge in [-0.3, -0.25) is 10.1 Å². The Morgan fingerprint density at radius 3 is 2.54 bits per heavy atom. The van der Waals surface area contributed by atoms with Crippen molar-refractivity contribution in [1.29, 1.82) is 5.26 Å². The van der Waals surface area contributed by atoms with Crippen LogP contribution >= 0.6 is 0 Å². The molecule has 2 aromatic carbocycles. The second-order valence-electron chi connectivity index (χ2n) is 6.48. The van der Waals surface area contributed by atoms with E-state index in [1.807, 2.05) is 6.07 Å². The molecule has 0 N–H and O–H groups in total. The summed E-state index contributed by atoms with van der Waals surface area (Å²) in [6, 6.07) is 12.6. The number of nitro groups is 1. The highest BCUT2D eigenvalue weighted by atomic mass is 32.2. The fraction of sp³-hybridized carbons (Fsp3) is 0.316. The van der Waals surface area contributed by atoms with Crippen molar-refractivity contribution >= 4 is 21.2 Å². The minimum absolute atomic E-state index is 0.145. The molecule has 9 heteroatoms. The van der Waals surface area contributed by atoms with Crippen molar-refractivity contribution in [2.75, 3.05) is 25.1 Å². The lowest BCUT2D eigenvalue weighted by atomic mass is 10.1. The van der Waals surface area contributed by atoms with Crippen LogP contribution in [0.25, 0.3) is 0 Å². The highest BCUT2D eigenvalue weighted by Crippen LogP contribution is 2.33. The molecular formula is C19H19N3O5S. The van der Waals surface area contributed by atoms with Crippen molar-refractivity contribution in [3.63, 3.8) is 0 Å². The number of nitrogens with zero attached hydrogens (tertiary/aromatic N) is 3. The smallest absolute Gasteiger partial charge is 0.293 e. The topological polar surface area (TPSA) is 114 Å². The number of benzene rings is 2. The molecular weight excluding hydrogens is 382 g/mol. The first-order valence-electron chi connectivity index (χ1n) is 8.68. The van der Waals surface area contributed by atoms with Crippen LogP contribution in [-0.4, -0.2) is 38.8 Å². The number of nitro benzene ring substituents is 1. The van der Waals surface area contributed by atoms with Gasteiger partial charge in [0.2, 0.25) is 0 Å². The van der Waals surface area contributed by atoms with Crippen LogP contribution in [0.5, 0.6) is 5.75 Å². The SMILES string of the molecule is COc1cccc(S(=O)(=O)C2CCN(c3ccc(C#N)cc3[N+](=O)[O-])CC2)c1. The maximum absolute atomic E-state index is 12.9. The number of ether oxygens (including phenoxy) is 1. The van der Waals surface area contributed by atoms with Crippen LogP contribution in [-0.2, 0) is 9.84 Å². The zero-order valence-electron chi connectivity index (χ0n) is 15.2. The van der Waals surface area contributed by atoms with E-state index in [-0.39, 0.29) is 16.1 Å². The van der Waals surface area contributed by atoms with Crippen LogP contribution in [0, 0.1) is 21.4 Å². The molecule has 8 nitrogen and oxygen atoms in total. The van der Waals surface area contributed by atoms with E-state index < -0.39 is 20.0 Å². The summed E-state index contributed by atoms with van der Waals surface area (Å²) in [4.78, 5) is 12.9. The number of anilines is 1. The van der Waals surface area contributed by atoms with Gasteiger partial charge in [-0.1, -0.05) is 6.07 Å². The minimum atomic E-state index is -3.52. The molecule has 0 atom stereocenters. The Balaban J connectivity index is 1.79. The van der Waals surface area contributed by atoms with Crippen molar-refractivity contribution in [3.05, 3.63) is 58.1 Å². The van der Waals surface area contributed by atoms with Crippen molar-refractivity contribution in [1.82, 2.24) is 0 Å². The lowest BCUT2D eigenvalue weighted by Crippen LogP contribution is -2.39. The van der Waals surface area contributed by atoms with E-state index in [1.54, 1.807) is 29.2 Å². The number of piperidine rings is 1. The van der Waals surface area contributed by atoms with E-state index in [2.05, 4.69) is 0 Å². The van der Waals surface area contributed by atoms with E-state index in [9.17, 15) is 18.5 Å². The first-order valence-corrected chi connectivity index (χ1v) is 10.2. The molecule has 28 heavy (non-hydrogen) atoms.